The molecule has 4 atom stereocenters. The Morgan fingerprint density at radius 3 is 2.77 bits per heavy atom. The van der Waals surface area contributed by atoms with Gasteiger partial charge in [0.1, 0.15) is 5.82 Å². The van der Waals surface area contributed by atoms with Crippen molar-refractivity contribution in [3.63, 3.8) is 0 Å². The summed E-state index contributed by atoms with van der Waals surface area (Å²) in [6, 6.07) is 7.31. The zero-order chi connectivity index (χ0) is 20.7. The molecule has 0 spiro atoms. The smallest absolute Gasteiger partial charge is 0.223 e. The maximum atomic E-state index is 12.3. The number of rotatable bonds is 4. The van der Waals surface area contributed by atoms with Crippen molar-refractivity contribution in [3.8, 4) is 0 Å². The van der Waals surface area contributed by atoms with E-state index in [1.54, 1.807) is 0 Å². The van der Waals surface area contributed by atoms with Crippen molar-refractivity contribution in [1.29, 1.82) is 0 Å². The number of aryl methyl sites for hydroxylation is 1. The molecule has 3 saturated heterocycles. The molecule has 4 heterocycles. The van der Waals surface area contributed by atoms with Crippen molar-refractivity contribution in [3.05, 3.63) is 24.0 Å². The fourth-order valence-electron chi connectivity index (χ4n) is 5.56. The Balaban J connectivity index is 1.13. The summed E-state index contributed by atoms with van der Waals surface area (Å²) >= 11 is 0. The molecule has 0 bridgehead atoms. The number of anilines is 1. The van der Waals surface area contributed by atoms with Crippen LogP contribution >= 0.6 is 0 Å². The number of H-pyrrole nitrogens is 1. The van der Waals surface area contributed by atoms with Crippen molar-refractivity contribution >= 4 is 22.6 Å². The lowest BCUT2D eigenvalue weighted by Gasteiger charge is -2.44. The number of amides is 1. The minimum Gasteiger partial charge on any atom is -0.369 e. The summed E-state index contributed by atoms with van der Waals surface area (Å²) in [4.78, 5) is 25.2. The highest BCUT2D eigenvalue weighted by Crippen LogP contribution is 2.27. The second-order valence-corrected chi connectivity index (χ2v) is 9.38. The van der Waals surface area contributed by atoms with Crippen LogP contribution in [-0.4, -0.2) is 72.1 Å². The number of imidazole rings is 1. The second-order valence-electron chi connectivity index (χ2n) is 9.38. The van der Waals surface area contributed by atoms with Crippen LogP contribution in [0.3, 0.4) is 0 Å². The van der Waals surface area contributed by atoms with Gasteiger partial charge in [-0.25, -0.2) is 4.98 Å². The number of hydrogen-bond acceptors (Lipinski definition) is 5. The van der Waals surface area contributed by atoms with Gasteiger partial charge in [-0.2, -0.15) is 0 Å². The Kier molecular flexibility index (Phi) is 5.41. The number of nitrogens with one attached hydrogen (secondary N) is 3. The molecule has 1 aromatic heterocycles. The van der Waals surface area contributed by atoms with Gasteiger partial charge in [0.15, 0.2) is 0 Å². The topological polar surface area (TPSA) is 76.3 Å². The second kappa shape index (κ2) is 8.19. The van der Waals surface area contributed by atoms with E-state index in [1.807, 2.05) is 6.92 Å². The number of aromatic nitrogens is 2. The molecule has 30 heavy (non-hydrogen) atoms. The Morgan fingerprint density at radius 2 is 1.97 bits per heavy atom. The van der Waals surface area contributed by atoms with Gasteiger partial charge in [-0.15, -0.1) is 0 Å². The molecule has 0 aliphatic carbocycles. The number of carbonyl (C=O) groups excluding carboxylic acids is 1. The van der Waals surface area contributed by atoms with Crippen molar-refractivity contribution in [2.75, 3.05) is 44.2 Å². The van der Waals surface area contributed by atoms with Crippen molar-refractivity contribution in [2.45, 2.75) is 45.2 Å². The highest BCUT2D eigenvalue weighted by molar-refractivity contribution is 5.80. The predicted octanol–water partition coefficient (Wildman–Crippen LogP) is 1.89. The number of benzene rings is 1. The Morgan fingerprint density at radius 1 is 1.13 bits per heavy atom. The molecular formula is C23H34N6O. The third kappa shape index (κ3) is 3.93. The van der Waals surface area contributed by atoms with E-state index in [4.69, 9.17) is 0 Å². The molecule has 3 aliphatic rings. The number of piperidine rings is 2. The van der Waals surface area contributed by atoms with Gasteiger partial charge in [0.2, 0.25) is 5.91 Å². The lowest BCUT2D eigenvalue weighted by atomic mass is 9.80. The fourth-order valence-corrected chi connectivity index (χ4v) is 5.56. The van der Waals surface area contributed by atoms with E-state index >= 15 is 0 Å². The Hall–Kier alpha value is -2.12. The number of hydrogen-bond donors (Lipinski definition) is 3. The van der Waals surface area contributed by atoms with Gasteiger partial charge in [0.25, 0.3) is 0 Å². The van der Waals surface area contributed by atoms with Crippen LogP contribution in [0.2, 0.25) is 0 Å². The third-order valence-corrected chi connectivity index (χ3v) is 7.31. The largest absolute Gasteiger partial charge is 0.369 e. The summed E-state index contributed by atoms with van der Waals surface area (Å²) in [5.41, 5.74) is 3.44. The average Bonchev–Trinajstić information content (AvgIpc) is 3.13. The van der Waals surface area contributed by atoms with Crippen molar-refractivity contribution < 1.29 is 4.79 Å². The first-order chi connectivity index (χ1) is 14.6. The lowest BCUT2D eigenvalue weighted by Crippen LogP contribution is -2.62. The molecule has 1 aromatic carbocycles. The van der Waals surface area contributed by atoms with Crippen LogP contribution in [0.15, 0.2) is 18.2 Å². The Bertz CT molecular complexity index is 902. The minimum atomic E-state index is 0.188. The summed E-state index contributed by atoms with van der Waals surface area (Å²) in [6.45, 7) is 10.6. The van der Waals surface area contributed by atoms with E-state index in [0.29, 0.717) is 18.0 Å². The molecule has 1 amide bonds. The van der Waals surface area contributed by atoms with E-state index in [0.717, 1.165) is 75.4 Å². The molecule has 0 radical (unpaired) electrons. The van der Waals surface area contributed by atoms with Gasteiger partial charge in [-0.05, 0) is 56.8 Å². The molecule has 3 N–H and O–H groups in total. The van der Waals surface area contributed by atoms with Gasteiger partial charge >= 0.3 is 0 Å². The van der Waals surface area contributed by atoms with Crippen molar-refractivity contribution in [2.24, 2.45) is 11.8 Å². The molecule has 3 aliphatic heterocycles. The van der Waals surface area contributed by atoms with Crippen LogP contribution in [0.4, 0.5) is 5.69 Å². The summed E-state index contributed by atoms with van der Waals surface area (Å²) < 4.78 is 0. The lowest BCUT2D eigenvalue weighted by molar-refractivity contribution is -0.129. The van der Waals surface area contributed by atoms with E-state index in [2.05, 4.69) is 55.5 Å². The first-order valence-corrected chi connectivity index (χ1v) is 11.6. The normalized spacial score (nSPS) is 30.3. The van der Waals surface area contributed by atoms with Crippen LogP contribution in [-0.2, 0) is 4.79 Å². The molecule has 0 saturated carbocycles. The number of piperazine rings is 1. The molecule has 4 unspecified atom stereocenters. The number of aromatic amines is 1. The van der Waals surface area contributed by atoms with Crippen LogP contribution in [0, 0.1) is 18.8 Å². The molecule has 7 nitrogen and oxygen atoms in total. The molecule has 3 fully saturated rings. The summed E-state index contributed by atoms with van der Waals surface area (Å²) in [5.74, 6) is 2.03. The van der Waals surface area contributed by atoms with Gasteiger partial charge in [-0.1, -0.05) is 6.92 Å². The van der Waals surface area contributed by atoms with Gasteiger partial charge in [0, 0.05) is 56.4 Å². The predicted molar refractivity (Wildman–Crippen MR) is 120 cm³/mol. The van der Waals surface area contributed by atoms with E-state index in [1.165, 1.54) is 5.69 Å². The first kappa shape index (κ1) is 19.8. The molecule has 162 valence electrons. The monoisotopic (exact) mass is 410 g/mol. The highest BCUT2D eigenvalue weighted by atomic mass is 16.2. The zero-order valence-corrected chi connectivity index (χ0v) is 18.2. The van der Waals surface area contributed by atoms with Crippen LogP contribution in [0.5, 0.6) is 0 Å². The summed E-state index contributed by atoms with van der Waals surface area (Å²) in [7, 11) is 0. The van der Waals surface area contributed by atoms with Crippen LogP contribution in [0.1, 0.15) is 32.0 Å². The van der Waals surface area contributed by atoms with E-state index in [9.17, 15) is 4.79 Å². The SMILES string of the molecule is CCC1CC2NCC(CN3CCN(c4ccc5nc(C)[nH]c5c4)CC3)CC2NC1=O. The standard InChI is InChI=1S/C23H34N6O/c1-3-17-11-20-21(27-23(17)30)10-16(13-24-20)14-28-6-8-29(9-7-28)18-4-5-19-22(12-18)26-15(2)25-19/h4-5,12,16-17,20-21,24H,3,6-11,13-14H2,1-2H3,(H,25,26)(H,27,30). The fraction of sp³-hybridized carbons (Fsp3) is 0.652. The number of carbonyl (C=O) groups is 1. The molecular weight excluding hydrogens is 376 g/mol. The van der Waals surface area contributed by atoms with E-state index in [-0.39, 0.29) is 11.8 Å². The molecule has 7 heteroatoms. The first-order valence-electron chi connectivity index (χ1n) is 11.6. The third-order valence-electron chi connectivity index (χ3n) is 7.31. The van der Waals surface area contributed by atoms with Crippen molar-refractivity contribution in [1.82, 2.24) is 25.5 Å². The van der Waals surface area contributed by atoms with Crippen LogP contribution in [0.25, 0.3) is 11.0 Å². The van der Waals surface area contributed by atoms with Crippen LogP contribution < -0.4 is 15.5 Å². The zero-order valence-electron chi connectivity index (χ0n) is 18.2. The quantitative estimate of drug-likeness (QED) is 0.718. The summed E-state index contributed by atoms with van der Waals surface area (Å²) in [5, 5.41) is 7.03. The number of fused-ring (bicyclic) bond motifs is 2. The van der Waals surface area contributed by atoms with Gasteiger partial charge in [0.05, 0.1) is 11.0 Å². The minimum absolute atomic E-state index is 0.188. The molecule has 2 aromatic rings. The van der Waals surface area contributed by atoms with Gasteiger partial charge in [-0.3, -0.25) is 9.69 Å². The Labute approximate surface area is 178 Å². The average molecular weight is 411 g/mol. The maximum absolute atomic E-state index is 12.3. The molecule has 5 rings (SSSR count). The number of nitrogens with zero attached hydrogens (tertiary/aromatic N) is 3. The maximum Gasteiger partial charge on any atom is 0.223 e. The highest BCUT2D eigenvalue weighted by Gasteiger charge is 2.39. The van der Waals surface area contributed by atoms with E-state index < -0.39 is 0 Å². The summed E-state index contributed by atoms with van der Waals surface area (Å²) in [6.07, 6.45) is 3.05. The van der Waals surface area contributed by atoms with Gasteiger partial charge < -0.3 is 20.5 Å².